The number of allylic oxidation sites excluding steroid dienone is 5. The monoisotopic (exact) mass is 275 g/mol. The fourth-order valence-electron chi connectivity index (χ4n) is 2.43. The highest BCUT2D eigenvalue weighted by atomic mass is 15.1. The van der Waals surface area contributed by atoms with E-state index in [2.05, 4.69) is 11.8 Å². The van der Waals surface area contributed by atoms with Gasteiger partial charge in [0.1, 0.15) is 17.7 Å². The van der Waals surface area contributed by atoms with Gasteiger partial charge in [-0.25, -0.2) is 0 Å². The summed E-state index contributed by atoms with van der Waals surface area (Å²) in [5, 5.41) is 18.2. The van der Waals surface area contributed by atoms with E-state index in [1.54, 1.807) is 0 Å². The molecular formula is C18H17N3. The zero-order chi connectivity index (χ0) is 15.2. The van der Waals surface area contributed by atoms with E-state index < -0.39 is 0 Å². The van der Waals surface area contributed by atoms with Crippen molar-refractivity contribution < 1.29 is 0 Å². The minimum atomic E-state index is 0.152. The van der Waals surface area contributed by atoms with Gasteiger partial charge in [0, 0.05) is 23.5 Å². The molecule has 0 aromatic heterocycles. The normalized spacial score (nSPS) is 13.9. The van der Waals surface area contributed by atoms with Gasteiger partial charge in [0.05, 0.1) is 0 Å². The van der Waals surface area contributed by atoms with E-state index in [1.807, 2.05) is 61.5 Å². The number of nitrogens with zero attached hydrogens (tertiary/aromatic N) is 3. The highest BCUT2D eigenvalue weighted by molar-refractivity contribution is 5.73. The number of rotatable bonds is 3. The Kier molecular flexibility index (Phi) is 4.59. The molecule has 3 nitrogen and oxygen atoms in total. The Bertz CT molecular complexity index is 678. The van der Waals surface area contributed by atoms with E-state index in [-0.39, 0.29) is 5.57 Å². The molecule has 0 amide bonds. The number of nitriles is 2. The van der Waals surface area contributed by atoms with Crippen molar-refractivity contribution in [1.29, 1.82) is 10.5 Å². The van der Waals surface area contributed by atoms with Crippen molar-refractivity contribution in [3.8, 4) is 12.1 Å². The molecule has 0 saturated heterocycles. The first-order valence-electron chi connectivity index (χ1n) is 6.98. The molecule has 1 heterocycles. The SMILES string of the molecule is CCCN1C(C)=CC(=C(C#N)C#N)C=C1c1ccccc1. The second kappa shape index (κ2) is 6.59. The first kappa shape index (κ1) is 14.6. The van der Waals surface area contributed by atoms with E-state index in [1.165, 1.54) is 0 Å². The predicted octanol–water partition coefficient (Wildman–Crippen LogP) is 4.00. The third-order valence-electron chi connectivity index (χ3n) is 3.40. The Hall–Kier alpha value is -2.78. The summed E-state index contributed by atoms with van der Waals surface area (Å²) in [7, 11) is 0. The Morgan fingerprint density at radius 1 is 1.10 bits per heavy atom. The maximum absolute atomic E-state index is 9.09. The molecule has 1 aliphatic rings. The van der Waals surface area contributed by atoms with Crippen LogP contribution in [0.1, 0.15) is 25.8 Å². The van der Waals surface area contributed by atoms with Crippen molar-refractivity contribution >= 4 is 5.70 Å². The minimum absolute atomic E-state index is 0.152. The summed E-state index contributed by atoms with van der Waals surface area (Å²) in [5.41, 5.74) is 4.01. The lowest BCUT2D eigenvalue weighted by Gasteiger charge is -2.31. The average Bonchev–Trinajstić information content (AvgIpc) is 2.52. The summed E-state index contributed by atoms with van der Waals surface area (Å²) in [6.45, 7) is 5.06. The molecule has 0 N–H and O–H groups in total. The smallest absolute Gasteiger partial charge is 0.137 e. The van der Waals surface area contributed by atoms with Crippen LogP contribution in [0.2, 0.25) is 0 Å². The summed E-state index contributed by atoms with van der Waals surface area (Å²) < 4.78 is 0. The molecule has 0 saturated carbocycles. The summed E-state index contributed by atoms with van der Waals surface area (Å²) in [6, 6.07) is 14.0. The van der Waals surface area contributed by atoms with Crippen LogP contribution in [-0.2, 0) is 0 Å². The lowest BCUT2D eigenvalue weighted by molar-refractivity contribution is 0.481. The second-order valence-corrected chi connectivity index (χ2v) is 4.89. The van der Waals surface area contributed by atoms with Gasteiger partial charge in [-0.3, -0.25) is 0 Å². The molecule has 0 unspecified atom stereocenters. The summed E-state index contributed by atoms with van der Waals surface area (Å²) in [5.74, 6) is 0. The van der Waals surface area contributed by atoms with Crippen molar-refractivity contribution in [2.75, 3.05) is 6.54 Å². The van der Waals surface area contributed by atoms with Crippen LogP contribution in [0.4, 0.5) is 0 Å². The van der Waals surface area contributed by atoms with Crippen LogP contribution in [0, 0.1) is 22.7 Å². The van der Waals surface area contributed by atoms with E-state index in [4.69, 9.17) is 10.5 Å². The van der Waals surface area contributed by atoms with Crippen LogP contribution in [0.25, 0.3) is 5.70 Å². The predicted molar refractivity (Wildman–Crippen MR) is 83.4 cm³/mol. The molecule has 2 rings (SSSR count). The van der Waals surface area contributed by atoms with Gasteiger partial charge >= 0.3 is 0 Å². The van der Waals surface area contributed by atoms with Gasteiger partial charge in [-0.1, -0.05) is 37.3 Å². The van der Waals surface area contributed by atoms with Gasteiger partial charge in [-0.05, 0) is 31.1 Å². The molecule has 0 bridgehead atoms. The number of hydrogen-bond donors (Lipinski definition) is 0. The molecule has 1 aromatic carbocycles. The molecule has 0 aliphatic carbocycles. The average molecular weight is 275 g/mol. The Morgan fingerprint density at radius 2 is 1.76 bits per heavy atom. The lowest BCUT2D eigenvalue weighted by atomic mass is 9.99. The lowest BCUT2D eigenvalue weighted by Crippen LogP contribution is -2.23. The van der Waals surface area contributed by atoms with Crippen LogP contribution >= 0.6 is 0 Å². The Labute approximate surface area is 125 Å². The number of hydrogen-bond acceptors (Lipinski definition) is 3. The Morgan fingerprint density at radius 3 is 2.33 bits per heavy atom. The van der Waals surface area contributed by atoms with E-state index in [0.29, 0.717) is 5.57 Å². The molecule has 0 radical (unpaired) electrons. The fourth-order valence-corrected chi connectivity index (χ4v) is 2.43. The maximum atomic E-state index is 9.09. The zero-order valence-corrected chi connectivity index (χ0v) is 12.3. The van der Waals surface area contributed by atoms with Crippen LogP contribution in [-0.4, -0.2) is 11.4 Å². The Balaban J connectivity index is 2.59. The maximum Gasteiger partial charge on any atom is 0.137 e. The van der Waals surface area contributed by atoms with Gasteiger partial charge in [0.15, 0.2) is 0 Å². The van der Waals surface area contributed by atoms with Crippen LogP contribution < -0.4 is 0 Å². The third kappa shape index (κ3) is 3.04. The minimum Gasteiger partial charge on any atom is -0.345 e. The second-order valence-electron chi connectivity index (χ2n) is 4.89. The summed E-state index contributed by atoms with van der Waals surface area (Å²) in [6.07, 6.45) is 4.86. The molecule has 3 heteroatoms. The zero-order valence-electron chi connectivity index (χ0n) is 12.3. The summed E-state index contributed by atoms with van der Waals surface area (Å²) >= 11 is 0. The molecule has 0 atom stereocenters. The van der Waals surface area contributed by atoms with Gasteiger partial charge in [-0.15, -0.1) is 0 Å². The van der Waals surface area contributed by atoms with Crippen molar-refractivity contribution in [2.45, 2.75) is 20.3 Å². The van der Waals surface area contributed by atoms with Crippen LogP contribution in [0.3, 0.4) is 0 Å². The van der Waals surface area contributed by atoms with Gasteiger partial charge in [-0.2, -0.15) is 10.5 Å². The topological polar surface area (TPSA) is 50.8 Å². The summed E-state index contributed by atoms with van der Waals surface area (Å²) in [4.78, 5) is 2.23. The molecule has 1 aromatic rings. The quantitative estimate of drug-likeness (QED) is 0.783. The molecule has 0 fully saturated rings. The van der Waals surface area contributed by atoms with Crippen LogP contribution in [0.5, 0.6) is 0 Å². The van der Waals surface area contributed by atoms with Gasteiger partial charge in [0.2, 0.25) is 0 Å². The first-order chi connectivity index (χ1) is 10.2. The van der Waals surface area contributed by atoms with Crippen molar-refractivity contribution in [1.82, 2.24) is 4.90 Å². The molecular weight excluding hydrogens is 258 g/mol. The van der Waals surface area contributed by atoms with Gasteiger partial charge in [0.25, 0.3) is 0 Å². The third-order valence-corrected chi connectivity index (χ3v) is 3.40. The molecule has 21 heavy (non-hydrogen) atoms. The highest BCUT2D eigenvalue weighted by Crippen LogP contribution is 2.31. The van der Waals surface area contributed by atoms with Crippen LogP contribution in [0.15, 0.2) is 59.3 Å². The standard InChI is InChI=1S/C18H17N3/c1-3-9-21-14(2)10-16(17(12-19)13-20)11-18(21)15-7-5-4-6-8-15/h4-8,10-11H,3,9H2,1-2H3. The molecule has 104 valence electrons. The van der Waals surface area contributed by atoms with Gasteiger partial charge < -0.3 is 4.90 Å². The van der Waals surface area contributed by atoms with Crippen molar-refractivity contribution in [2.24, 2.45) is 0 Å². The largest absolute Gasteiger partial charge is 0.345 e. The van der Waals surface area contributed by atoms with E-state index >= 15 is 0 Å². The fraction of sp³-hybridized carbons (Fsp3) is 0.222. The van der Waals surface area contributed by atoms with Crippen molar-refractivity contribution in [3.63, 3.8) is 0 Å². The first-order valence-corrected chi connectivity index (χ1v) is 6.98. The van der Waals surface area contributed by atoms with Crippen molar-refractivity contribution in [3.05, 3.63) is 64.9 Å². The highest BCUT2D eigenvalue weighted by Gasteiger charge is 2.19. The molecule has 0 spiro atoms. The van der Waals surface area contributed by atoms with E-state index in [0.717, 1.165) is 29.9 Å². The van der Waals surface area contributed by atoms with E-state index in [9.17, 15) is 0 Å². The number of benzene rings is 1. The molecule has 1 aliphatic heterocycles.